The summed E-state index contributed by atoms with van der Waals surface area (Å²) < 4.78 is 4.72. The molecule has 0 radical (unpaired) electrons. The maximum absolute atomic E-state index is 13.5. The summed E-state index contributed by atoms with van der Waals surface area (Å²) in [6.07, 6.45) is 4.47. The van der Waals surface area contributed by atoms with Crippen molar-refractivity contribution >= 4 is 23.6 Å². The van der Waals surface area contributed by atoms with Crippen LogP contribution in [0.4, 0.5) is 4.79 Å². The number of carbonyl (C=O) groups excluding carboxylic acids is 2. The molecule has 8 heteroatoms. The number of rotatable bonds is 9. The molecule has 7 nitrogen and oxygen atoms in total. The fraction of sp³-hybridized carbons (Fsp3) is 0.562. The van der Waals surface area contributed by atoms with Gasteiger partial charge in [-0.25, -0.2) is 4.79 Å². The number of amides is 2. The Bertz CT molecular complexity index is 1190. The molecule has 0 aromatic heterocycles. The maximum Gasteiger partial charge on any atom is 0.406 e. The Labute approximate surface area is 243 Å². The van der Waals surface area contributed by atoms with Crippen molar-refractivity contribution in [3.63, 3.8) is 0 Å². The van der Waals surface area contributed by atoms with Crippen LogP contribution in [0.2, 0.25) is 5.02 Å². The van der Waals surface area contributed by atoms with E-state index >= 15 is 0 Å². The summed E-state index contributed by atoms with van der Waals surface area (Å²) >= 11 is 6.88. The molecule has 1 aliphatic heterocycles. The van der Waals surface area contributed by atoms with Crippen molar-refractivity contribution in [2.24, 2.45) is 17.6 Å². The number of likely N-dealkylation sites (tertiary alicyclic amines) is 1. The molecule has 2 amide bonds. The predicted molar refractivity (Wildman–Crippen MR) is 159 cm³/mol. The summed E-state index contributed by atoms with van der Waals surface area (Å²) in [5.41, 5.74) is 8.59. The van der Waals surface area contributed by atoms with Crippen molar-refractivity contribution in [2.45, 2.75) is 76.4 Å². The number of nitrogens with two attached hydrogens (primary N) is 1. The van der Waals surface area contributed by atoms with Crippen LogP contribution in [-0.4, -0.2) is 54.8 Å². The number of carbonyl (C=O) groups is 2. The number of nitrogens with one attached hydrogen (secondary N) is 1. The molecular weight excluding hydrogens is 526 g/mol. The quantitative estimate of drug-likeness (QED) is 0.330. The number of aliphatic hydroxyl groups is 1. The molecule has 4 atom stereocenters. The minimum Gasteiger partial charge on any atom is -0.453 e. The molecular formula is C32H44ClN3O4. The molecule has 2 aliphatic rings. The average Bonchev–Trinajstić information content (AvgIpc) is 3.40. The molecule has 4 N–H and O–H groups in total. The Balaban J connectivity index is 1.70. The number of ether oxygens (including phenoxy) is 1. The van der Waals surface area contributed by atoms with Crippen LogP contribution in [0.3, 0.4) is 0 Å². The molecule has 1 heterocycles. The number of halogens is 1. The van der Waals surface area contributed by atoms with Gasteiger partial charge in [0.15, 0.2) is 0 Å². The van der Waals surface area contributed by atoms with Crippen molar-refractivity contribution in [3.05, 3.63) is 58.6 Å². The highest BCUT2D eigenvalue weighted by Crippen LogP contribution is 2.46. The van der Waals surface area contributed by atoms with Crippen molar-refractivity contribution < 1.29 is 19.4 Å². The van der Waals surface area contributed by atoms with E-state index in [-0.39, 0.29) is 23.8 Å². The third-order valence-corrected chi connectivity index (χ3v) is 9.06. The predicted octanol–water partition coefficient (Wildman–Crippen LogP) is 5.82. The maximum atomic E-state index is 13.5. The molecule has 1 saturated heterocycles. The highest BCUT2D eigenvalue weighted by molar-refractivity contribution is 6.33. The van der Waals surface area contributed by atoms with E-state index in [1.165, 1.54) is 12.7 Å². The number of piperidine rings is 1. The molecule has 1 aliphatic carbocycles. The van der Waals surface area contributed by atoms with Gasteiger partial charge in [0.25, 0.3) is 0 Å². The van der Waals surface area contributed by atoms with E-state index in [2.05, 4.69) is 31.3 Å². The lowest BCUT2D eigenvalue weighted by Crippen LogP contribution is -2.49. The lowest BCUT2D eigenvalue weighted by atomic mass is 9.72. The molecule has 218 valence electrons. The minimum atomic E-state index is -1.27. The topological polar surface area (TPSA) is 105 Å². The lowest BCUT2D eigenvalue weighted by molar-refractivity contribution is -0.140. The molecule has 4 rings (SSSR count). The van der Waals surface area contributed by atoms with E-state index in [0.717, 1.165) is 48.8 Å². The third kappa shape index (κ3) is 6.81. The number of nitrogens with zero attached hydrogens (tertiary/aromatic N) is 1. The molecule has 1 saturated carbocycles. The van der Waals surface area contributed by atoms with E-state index in [9.17, 15) is 14.7 Å². The fourth-order valence-electron chi connectivity index (χ4n) is 6.48. The highest BCUT2D eigenvalue weighted by atomic mass is 35.5. The highest BCUT2D eigenvalue weighted by Gasteiger charge is 2.44. The first-order valence-electron chi connectivity index (χ1n) is 14.6. The number of benzene rings is 2. The standard InChI is InChI=1S/C32H44ClN3O4/c1-21(2)22-8-4-9-23(18-22)29-27(11-5-12-28(29)33)32(39,15-7-16-35-31(38)40-3)25-10-6-17-36(20-25)30(37)24-13-14-26(34)19-24/h4-5,8-9,11-12,18,21,24-26,39H,6-7,10,13-17,19-20,34H2,1-3H3,(H,35,38)/t24-,25-,26+,32+/m1/s1. The van der Waals surface area contributed by atoms with Crippen LogP contribution in [0.1, 0.15) is 75.8 Å². The van der Waals surface area contributed by atoms with Crippen molar-refractivity contribution in [1.82, 2.24) is 10.2 Å². The van der Waals surface area contributed by atoms with Crippen LogP contribution in [0, 0.1) is 11.8 Å². The smallest absolute Gasteiger partial charge is 0.406 e. The van der Waals surface area contributed by atoms with Gasteiger partial charge in [-0.15, -0.1) is 0 Å². The normalized spacial score (nSPS) is 22.7. The fourth-order valence-corrected chi connectivity index (χ4v) is 6.76. The van der Waals surface area contributed by atoms with Gasteiger partial charge in [-0.05, 0) is 73.6 Å². The van der Waals surface area contributed by atoms with Gasteiger partial charge >= 0.3 is 6.09 Å². The monoisotopic (exact) mass is 569 g/mol. The van der Waals surface area contributed by atoms with Gasteiger partial charge < -0.3 is 25.8 Å². The van der Waals surface area contributed by atoms with Gasteiger partial charge in [0.1, 0.15) is 0 Å². The molecule has 0 bridgehead atoms. The first kappa shape index (κ1) is 30.4. The van der Waals surface area contributed by atoms with E-state index in [1.54, 1.807) is 0 Å². The second-order valence-corrected chi connectivity index (χ2v) is 12.2. The minimum absolute atomic E-state index is 0.0356. The van der Waals surface area contributed by atoms with Crippen molar-refractivity contribution in [2.75, 3.05) is 26.7 Å². The van der Waals surface area contributed by atoms with Crippen LogP contribution >= 0.6 is 11.6 Å². The summed E-state index contributed by atoms with van der Waals surface area (Å²) in [7, 11) is 1.33. The Morgan fingerprint density at radius 2 is 1.98 bits per heavy atom. The number of hydrogen-bond acceptors (Lipinski definition) is 5. The van der Waals surface area contributed by atoms with Crippen LogP contribution in [-0.2, 0) is 15.1 Å². The second-order valence-electron chi connectivity index (χ2n) is 11.8. The summed E-state index contributed by atoms with van der Waals surface area (Å²) in [5, 5.41) is 16.0. The van der Waals surface area contributed by atoms with Gasteiger partial charge in [0.2, 0.25) is 5.91 Å². The van der Waals surface area contributed by atoms with Gasteiger partial charge in [-0.2, -0.15) is 0 Å². The van der Waals surface area contributed by atoms with Crippen molar-refractivity contribution in [3.8, 4) is 11.1 Å². The average molecular weight is 570 g/mol. The number of alkyl carbamates (subject to hydrolysis) is 1. The summed E-state index contributed by atoms with van der Waals surface area (Å²) in [6, 6.07) is 14.1. The summed E-state index contributed by atoms with van der Waals surface area (Å²) in [5.74, 6) is 0.273. The zero-order valence-corrected chi connectivity index (χ0v) is 24.8. The van der Waals surface area contributed by atoms with E-state index in [1.807, 2.05) is 35.2 Å². The van der Waals surface area contributed by atoms with Gasteiger partial charge in [-0.1, -0.05) is 61.8 Å². The molecule has 0 spiro atoms. The zero-order valence-electron chi connectivity index (χ0n) is 24.0. The number of methoxy groups -OCH3 is 1. The van der Waals surface area contributed by atoms with E-state index in [4.69, 9.17) is 22.1 Å². The van der Waals surface area contributed by atoms with Crippen LogP contribution < -0.4 is 11.1 Å². The first-order chi connectivity index (χ1) is 19.1. The molecule has 2 aromatic carbocycles. The Morgan fingerprint density at radius 3 is 2.67 bits per heavy atom. The molecule has 2 aromatic rings. The lowest BCUT2D eigenvalue weighted by Gasteiger charge is -2.44. The Morgan fingerprint density at radius 1 is 1.20 bits per heavy atom. The molecule has 2 fully saturated rings. The van der Waals surface area contributed by atoms with Crippen molar-refractivity contribution in [1.29, 1.82) is 0 Å². The third-order valence-electron chi connectivity index (χ3n) is 8.74. The van der Waals surface area contributed by atoms with Gasteiger partial charge in [-0.3, -0.25) is 4.79 Å². The Kier molecular flexibility index (Phi) is 10.1. The largest absolute Gasteiger partial charge is 0.453 e. The van der Waals surface area contributed by atoms with Crippen LogP contribution in [0.15, 0.2) is 42.5 Å². The van der Waals surface area contributed by atoms with Crippen LogP contribution in [0.25, 0.3) is 11.1 Å². The van der Waals surface area contributed by atoms with Gasteiger partial charge in [0, 0.05) is 48.1 Å². The first-order valence-corrected chi connectivity index (χ1v) is 15.0. The van der Waals surface area contributed by atoms with Gasteiger partial charge in [0.05, 0.1) is 12.7 Å². The number of hydrogen-bond donors (Lipinski definition) is 3. The second kappa shape index (κ2) is 13.4. The Hall–Kier alpha value is -2.61. The van der Waals surface area contributed by atoms with E-state index < -0.39 is 11.7 Å². The zero-order chi connectivity index (χ0) is 28.9. The summed E-state index contributed by atoms with van der Waals surface area (Å²) in [4.78, 5) is 27.1. The van der Waals surface area contributed by atoms with E-state index in [0.29, 0.717) is 43.4 Å². The molecule has 40 heavy (non-hydrogen) atoms. The SMILES string of the molecule is COC(=O)NCCC[C@@](O)(c1cccc(Cl)c1-c1cccc(C(C)C)c1)[C@@H]1CCCN(C(=O)[C@@H]2CC[C@H](N)C2)C1. The van der Waals surface area contributed by atoms with Crippen LogP contribution in [0.5, 0.6) is 0 Å². The summed E-state index contributed by atoms with van der Waals surface area (Å²) in [6.45, 7) is 5.84. The molecule has 0 unspecified atom stereocenters.